The van der Waals surface area contributed by atoms with Gasteiger partial charge in [-0.05, 0) is 13.3 Å². The minimum absolute atomic E-state index is 0.0611. The Bertz CT molecular complexity index is 494. The van der Waals surface area contributed by atoms with Crippen molar-refractivity contribution in [1.82, 2.24) is 15.3 Å². The lowest BCUT2D eigenvalue weighted by Gasteiger charge is -2.35. The van der Waals surface area contributed by atoms with Crippen molar-refractivity contribution >= 4 is 17.5 Å². The molecule has 1 aliphatic rings. The second-order valence-electron chi connectivity index (χ2n) is 4.98. The minimum atomic E-state index is -0.350. The first-order valence-corrected chi connectivity index (χ1v) is 7.31. The summed E-state index contributed by atoms with van der Waals surface area (Å²) in [5.41, 5.74) is 0. The van der Waals surface area contributed by atoms with Gasteiger partial charge in [0.05, 0.1) is 13.2 Å². The van der Waals surface area contributed by atoms with Crippen LogP contribution in [-0.4, -0.2) is 55.3 Å². The summed E-state index contributed by atoms with van der Waals surface area (Å²) in [6, 6.07) is 1.54. The van der Waals surface area contributed by atoms with Crippen molar-refractivity contribution < 1.29 is 9.53 Å². The van der Waals surface area contributed by atoms with Gasteiger partial charge in [0.25, 0.3) is 0 Å². The Morgan fingerprint density at radius 1 is 1.52 bits per heavy atom. The summed E-state index contributed by atoms with van der Waals surface area (Å²) in [6.45, 7) is 6.43. The summed E-state index contributed by atoms with van der Waals surface area (Å²) in [5, 5.41) is 5.94. The maximum absolute atomic E-state index is 12.0. The molecule has 1 aromatic heterocycles. The van der Waals surface area contributed by atoms with Crippen LogP contribution in [-0.2, 0) is 9.53 Å². The van der Waals surface area contributed by atoms with Gasteiger partial charge in [0.2, 0.25) is 5.91 Å². The third kappa shape index (κ3) is 3.81. The topological polar surface area (TPSA) is 79.4 Å². The molecule has 1 amide bonds. The Kier molecular flexibility index (Phi) is 5.32. The average molecular weight is 293 g/mol. The molecule has 2 heterocycles. The lowest BCUT2D eigenvalue weighted by Crippen LogP contribution is -2.53. The van der Waals surface area contributed by atoms with Gasteiger partial charge >= 0.3 is 0 Å². The standard InChI is InChI=1S/C14H23N5O2/c1-4-5-16-12-8-13(18-10(2)17-12)19-6-7-21-9-11(19)14(20)15-3/h8,11H,4-7,9H2,1-3H3,(H,15,20)(H,16,17,18). The van der Waals surface area contributed by atoms with Crippen LogP contribution in [0.1, 0.15) is 19.2 Å². The van der Waals surface area contributed by atoms with Gasteiger partial charge in [-0.15, -0.1) is 0 Å². The van der Waals surface area contributed by atoms with Crippen molar-refractivity contribution in [1.29, 1.82) is 0 Å². The maximum atomic E-state index is 12.0. The van der Waals surface area contributed by atoms with Gasteiger partial charge in [-0.25, -0.2) is 9.97 Å². The molecular weight excluding hydrogens is 270 g/mol. The molecule has 0 aromatic carbocycles. The Morgan fingerprint density at radius 2 is 2.33 bits per heavy atom. The molecule has 2 rings (SSSR count). The van der Waals surface area contributed by atoms with Gasteiger partial charge in [0.15, 0.2) is 0 Å². The highest BCUT2D eigenvalue weighted by molar-refractivity contribution is 5.85. The van der Waals surface area contributed by atoms with E-state index >= 15 is 0 Å². The van der Waals surface area contributed by atoms with Crippen LogP contribution in [0.25, 0.3) is 0 Å². The zero-order valence-electron chi connectivity index (χ0n) is 12.8. The summed E-state index contributed by atoms with van der Waals surface area (Å²) in [4.78, 5) is 22.8. The van der Waals surface area contributed by atoms with Crippen LogP contribution in [0.4, 0.5) is 11.6 Å². The molecule has 0 bridgehead atoms. The summed E-state index contributed by atoms with van der Waals surface area (Å²) >= 11 is 0. The normalized spacial score (nSPS) is 18.4. The number of nitrogens with one attached hydrogen (secondary N) is 2. The predicted octanol–water partition coefficient (Wildman–Crippen LogP) is 0.558. The van der Waals surface area contributed by atoms with Crippen LogP contribution < -0.4 is 15.5 Å². The number of rotatable bonds is 5. The van der Waals surface area contributed by atoms with Crippen LogP contribution >= 0.6 is 0 Å². The predicted molar refractivity (Wildman–Crippen MR) is 81.6 cm³/mol. The lowest BCUT2D eigenvalue weighted by molar-refractivity contribution is -0.124. The van der Waals surface area contributed by atoms with Crippen molar-refractivity contribution in [3.63, 3.8) is 0 Å². The monoisotopic (exact) mass is 293 g/mol. The zero-order valence-corrected chi connectivity index (χ0v) is 12.8. The number of amides is 1. The summed E-state index contributed by atoms with van der Waals surface area (Å²) in [7, 11) is 1.63. The van der Waals surface area contributed by atoms with Crippen molar-refractivity contribution in [2.24, 2.45) is 0 Å². The molecule has 0 radical (unpaired) electrons. The van der Waals surface area contributed by atoms with Gasteiger partial charge in [-0.3, -0.25) is 4.79 Å². The van der Waals surface area contributed by atoms with E-state index in [4.69, 9.17) is 4.74 Å². The Labute approximate surface area is 125 Å². The van der Waals surface area contributed by atoms with E-state index in [1.165, 1.54) is 0 Å². The molecule has 0 aliphatic carbocycles. The number of anilines is 2. The van der Waals surface area contributed by atoms with Gasteiger partial charge in [0.1, 0.15) is 23.5 Å². The number of aromatic nitrogens is 2. The van der Waals surface area contributed by atoms with Gasteiger partial charge in [0, 0.05) is 26.2 Å². The van der Waals surface area contributed by atoms with Crippen molar-refractivity contribution in [3.05, 3.63) is 11.9 Å². The van der Waals surface area contributed by atoms with Crippen LogP contribution in [0.5, 0.6) is 0 Å². The first kappa shape index (κ1) is 15.5. The molecule has 7 nitrogen and oxygen atoms in total. The van der Waals surface area contributed by atoms with Crippen molar-refractivity contribution in [2.45, 2.75) is 26.3 Å². The lowest BCUT2D eigenvalue weighted by atomic mass is 10.2. The third-order valence-corrected chi connectivity index (χ3v) is 3.35. The van der Waals surface area contributed by atoms with E-state index in [1.54, 1.807) is 7.05 Å². The van der Waals surface area contributed by atoms with E-state index in [-0.39, 0.29) is 11.9 Å². The molecule has 1 saturated heterocycles. The van der Waals surface area contributed by atoms with E-state index in [1.807, 2.05) is 17.9 Å². The van der Waals surface area contributed by atoms with E-state index in [0.717, 1.165) is 24.6 Å². The second kappa shape index (κ2) is 7.21. The highest BCUT2D eigenvalue weighted by Gasteiger charge is 2.30. The number of morpholine rings is 1. The van der Waals surface area contributed by atoms with Crippen LogP contribution in [0.15, 0.2) is 6.07 Å². The van der Waals surface area contributed by atoms with E-state index < -0.39 is 0 Å². The van der Waals surface area contributed by atoms with E-state index in [0.29, 0.717) is 25.6 Å². The Morgan fingerprint density at radius 3 is 3.05 bits per heavy atom. The molecular formula is C14H23N5O2. The summed E-state index contributed by atoms with van der Waals surface area (Å²) in [6.07, 6.45) is 1.02. The highest BCUT2D eigenvalue weighted by atomic mass is 16.5. The molecule has 1 aliphatic heterocycles. The van der Waals surface area contributed by atoms with Gasteiger partial charge in [-0.2, -0.15) is 0 Å². The Balaban J connectivity index is 2.25. The largest absolute Gasteiger partial charge is 0.377 e. The molecule has 7 heteroatoms. The second-order valence-corrected chi connectivity index (χ2v) is 4.98. The van der Waals surface area contributed by atoms with Crippen molar-refractivity contribution in [2.75, 3.05) is 43.6 Å². The fraction of sp³-hybridized carbons (Fsp3) is 0.643. The fourth-order valence-electron chi connectivity index (χ4n) is 2.30. The SMILES string of the molecule is CCCNc1cc(N2CCOCC2C(=O)NC)nc(C)n1. The summed E-state index contributed by atoms with van der Waals surface area (Å²) < 4.78 is 5.42. The third-order valence-electron chi connectivity index (χ3n) is 3.35. The van der Waals surface area contributed by atoms with E-state index in [9.17, 15) is 4.79 Å². The number of carbonyl (C=O) groups excluding carboxylic acids is 1. The number of hydrogen-bond donors (Lipinski definition) is 2. The number of nitrogens with zero attached hydrogens (tertiary/aromatic N) is 3. The number of hydrogen-bond acceptors (Lipinski definition) is 6. The summed E-state index contributed by atoms with van der Waals surface area (Å²) in [5.74, 6) is 2.18. The fourth-order valence-corrected chi connectivity index (χ4v) is 2.30. The first-order valence-electron chi connectivity index (χ1n) is 7.31. The van der Waals surface area contributed by atoms with Crippen LogP contribution in [0.3, 0.4) is 0 Å². The number of carbonyl (C=O) groups is 1. The maximum Gasteiger partial charge on any atom is 0.244 e. The molecule has 116 valence electrons. The molecule has 1 fully saturated rings. The average Bonchev–Trinajstić information content (AvgIpc) is 2.51. The molecule has 0 spiro atoms. The first-order chi connectivity index (χ1) is 10.2. The van der Waals surface area contributed by atoms with E-state index in [2.05, 4.69) is 27.5 Å². The molecule has 1 unspecified atom stereocenters. The van der Waals surface area contributed by atoms with Crippen molar-refractivity contribution in [3.8, 4) is 0 Å². The molecule has 1 aromatic rings. The smallest absolute Gasteiger partial charge is 0.244 e. The van der Waals surface area contributed by atoms with Gasteiger partial charge in [-0.1, -0.05) is 6.92 Å². The minimum Gasteiger partial charge on any atom is -0.377 e. The number of likely N-dealkylation sites (N-methyl/N-ethyl adjacent to an activating group) is 1. The van der Waals surface area contributed by atoms with Crippen LogP contribution in [0.2, 0.25) is 0 Å². The van der Waals surface area contributed by atoms with Gasteiger partial charge < -0.3 is 20.3 Å². The quantitative estimate of drug-likeness (QED) is 0.826. The highest BCUT2D eigenvalue weighted by Crippen LogP contribution is 2.20. The number of aryl methyl sites for hydroxylation is 1. The molecule has 21 heavy (non-hydrogen) atoms. The van der Waals surface area contributed by atoms with Crippen LogP contribution in [0, 0.1) is 6.92 Å². The molecule has 2 N–H and O–H groups in total. The zero-order chi connectivity index (χ0) is 15.2. The Hall–Kier alpha value is -1.89. The number of ether oxygens (including phenoxy) is 1. The molecule has 1 atom stereocenters. The molecule has 0 saturated carbocycles.